The highest BCUT2D eigenvalue weighted by molar-refractivity contribution is 5.48. The zero-order chi connectivity index (χ0) is 17.0. The first kappa shape index (κ1) is 18.2. The van der Waals surface area contributed by atoms with Crippen molar-refractivity contribution in [2.75, 3.05) is 18.5 Å². The van der Waals surface area contributed by atoms with Gasteiger partial charge < -0.3 is 10.1 Å². The highest BCUT2D eigenvalue weighted by Crippen LogP contribution is 2.21. The topological polar surface area (TPSA) is 47.0 Å². The van der Waals surface area contributed by atoms with Crippen LogP contribution in [0.3, 0.4) is 0 Å². The molecular formula is C20H29N3O. The van der Waals surface area contributed by atoms with Crippen molar-refractivity contribution in [2.45, 2.75) is 52.4 Å². The van der Waals surface area contributed by atoms with Crippen LogP contribution >= 0.6 is 0 Å². The number of aromatic nitrogens is 2. The molecule has 0 radical (unpaired) electrons. The van der Waals surface area contributed by atoms with Crippen molar-refractivity contribution in [3.05, 3.63) is 47.9 Å². The fourth-order valence-corrected chi connectivity index (χ4v) is 2.51. The minimum atomic E-state index is 0.712. The van der Waals surface area contributed by atoms with E-state index in [1.807, 2.05) is 6.92 Å². The van der Waals surface area contributed by atoms with Crippen molar-refractivity contribution in [3.63, 3.8) is 0 Å². The van der Waals surface area contributed by atoms with Crippen molar-refractivity contribution < 1.29 is 4.74 Å². The minimum Gasteiger partial charge on any atom is -0.488 e. The van der Waals surface area contributed by atoms with E-state index in [2.05, 4.69) is 52.5 Å². The Bertz CT molecular complexity index is 587. The lowest BCUT2D eigenvalue weighted by Crippen LogP contribution is -2.08. The van der Waals surface area contributed by atoms with Crippen molar-refractivity contribution in [3.8, 4) is 5.75 Å². The number of nitrogens with zero attached hydrogens (tertiary/aromatic N) is 2. The van der Waals surface area contributed by atoms with Gasteiger partial charge in [0.2, 0.25) is 0 Å². The summed E-state index contributed by atoms with van der Waals surface area (Å²) in [6.07, 6.45) is 8.62. The molecule has 0 amide bonds. The molecule has 0 fully saturated rings. The first-order valence-electron chi connectivity index (χ1n) is 9.04. The summed E-state index contributed by atoms with van der Waals surface area (Å²) >= 11 is 0. The quantitative estimate of drug-likeness (QED) is 0.603. The van der Waals surface area contributed by atoms with Crippen LogP contribution in [0.5, 0.6) is 5.75 Å². The number of unbranched alkanes of at least 4 members (excludes halogenated alkanes) is 3. The predicted octanol–water partition coefficient (Wildman–Crippen LogP) is 4.79. The second-order valence-corrected chi connectivity index (χ2v) is 6.06. The molecule has 0 aliphatic heterocycles. The molecule has 0 saturated heterocycles. The molecule has 0 atom stereocenters. The number of anilines is 1. The predicted molar refractivity (Wildman–Crippen MR) is 99.7 cm³/mol. The number of hydrogen-bond donors (Lipinski definition) is 1. The van der Waals surface area contributed by atoms with Crippen LogP contribution in [0.1, 0.15) is 50.4 Å². The molecule has 4 heteroatoms. The summed E-state index contributed by atoms with van der Waals surface area (Å²) in [5.41, 5.74) is 1.41. The Balaban J connectivity index is 1.69. The Hall–Kier alpha value is -2.10. The standard InChI is InChI=1S/C20H29N3O/c1-3-4-14-21-20-19(16-22-17(2)23-20)24-15-10-6-9-13-18-11-7-5-8-12-18/h5,7-8,11-12,16H,3-4,6,9-10,13-15H2,1-2H3,(H,21,22,23). The molecule has 0 aliphatic rings. The Morgan fingerprint density at radius 1 is 1.04 bits per heavy atom. The maximum atomic E-state index is 5.89. The molecule has 4 nitrogen and oxygen atoms in total. The van der Waals surface area contributed by atoms with Gasteiger partial charge in [0.05, 0.1) is 12.8 Å². The highest BCUT2D eigenvalue weighted by Gasteiger charge is 2.06. The van der Waals surface area contributed by atoms with Gasteiger partial charge in [0.15, 0.2) is 11.6 Å². The Morgan fingerprint density at radius 3 is 2.67 bits per heavy atom. The van der Waals surface area contributed by atoms with E-state index in [4.69, 9.17) is 4.74 Å². The average Bonchev–Trinajstić information content (AvgIpc) is 2.60. The van der Waals surface area contributed by atoms with Gasteiger partial charge >= 0.3 is 0 Å². The highest BCUT2D eigenvalue weighted by atomic mass is 16.5. The zero-order valence-electron chi connectivity index (χ0n) is 14.9. The molecule has 2 aromatic rings. The van der Waals surface area contributed by atoms with Crippen LogP contribution in [0.4, 0.5) is 5.82 Å². The third-order valence-corrected chi connectivity index (χ3v) is 3.91. The number of aryl methyl sites for hydroxylation is 2. The van der Waals surface area contributed by atoms with Gasteiger partial charge in [0.25, 0.3) is 0 Å². The lowest BCUT2D eigenvalue weighted by Gasteiger charge is -2.12. The van der Waals surface area contributed by atoms with E-state index in [1.165, 1.54) is 18.4 Å². The fraction of sp³-hybridized carbons (Fsp3) is 0.500. The summed E-state index contributed by atoms with van der Waals surface area (Å²) < 4.78 is 5.89. The molecule has 24 heavy (non-hydrogen) atoms. The van der Waals surface area contributed by atoms with Crippen LogP contribution in [0.25, 0.3) is 0 Å². The monoisotopic (exact) mass is 327 g/mol. The van der Waals surface area contributed by atoms with Crippen LogP contribution in [-0.2, 0) is 6.42 Å². The van der Waals surface area contributed by atoms with Crippen molar-refractivity contribution in [2.24, 2.45) is 0 Å². The Kier molecular flexibility index (Phi) is 8.08. The van der Waals surface area contributed by atoms with Gasteiger partial charge in [-0.3, -0.25) is 0 Å². The molecule has 0 unspecified atom stereocenters. The van der Waals surface area contributed by atoms with Gasteiger partial charge in [-0.05, 0) is 44.6 Å². The normalized spacial score (nSPS) is 10.6. The maximum Gasteiger partial charge on any atom is 0.179 e. The van der Waals surface area contributed by atoms with Crippen molar-refractivity contribution in [1.82, 2.24) is 9.97 Å². The van der Waals surface area contributed by atoms with E-state index < -0.39 is 0 Å². The van der Waals surface area contributed by atoms with Crippen LogP contribution < -0.4 is 10.1 Å². The van der Waals surface area contributed by atoms with Gasteiger partial charge in [-0.15, -0.1) is 0 Å². The van der Waals surface area contributed by atoms with E-state index in [-0.39, 0.29) is 0 Å². The van der Waals surface area contributed by atoms with E-state index in [9.17, 15) is 0 Å². The summed E-state index contributed by atoms with van der Waals surface area (Å²) in [6.45, 7) is 5.71. The summed E-state index contributed by atoms with van der Waals surface area (Å²) in [7, 11) is 0. The van der Waals surface area contributed by atoms with Crippen LogP contribution in [-0.4, -0.2) is 23.1 Å². The fourth-order valence-electron chi connectivity index (χ4n) is 2.51. The van der Waals surface area contributed by atoms with E-state index in [1.54, 1.807) is 6.20 Å². The summed E-state index contributed by atoms with van der Waals surface area (Å²) in [6, 6.07) is 10.6. The van der Waals surface area contributed by atoms with Gasteiger partial charge in [0, 0.05) is 6.54 Å². The number of rotatable bonds is 11. The zero-order valence-corrected chi connectivity index (χ0v) is 14.9. The van der Waals surface area contributed by atoms with E-state index >= 15 is 0 Å². The van der Waals surface area contributed by atoms with Gasteiger partial charge in [-0.25, -0.2) is 9.97 Å². The minimum absolute atomic E-state index is 0.712. The Labute approximate surface area is 145 Å². The third-order valence-electron chi connectivity index (χ3n) is 3.91. The smallest absolute Gasteiger partial charge is 0.179 e. The molecule has 1 heterocycles. The van der Waals surface area contributed by atoms with Crippen LogP contribution in [0, 0.1) is 6.92 Å². The van der Waals surface area contributed by atoms with Gasteiger partial charge in [-0.1, -0.05) is 43.7 Å². The lowest BCUT2D eigenvalue weighted by molar-refractivity contribution is 0.304. The van der Waals surface area contributed by atoms with Crippen molar-refractivity contribution in [1.29, 1.82) is 0 Å². The SMILES string of the molecule is CCCCNc1nc(C)ncc1OCCCCCc1ccccc1. The second-order valence-electron chi connectivity index (χ2n) is 6.06. The lowest BCUT2D eigenvalue weighted by atomic mass is 10.1. The molecule has 1 aromatic carbocycles. The molecule has 0 saturated carbocycles. The van der Waals surface area contributed by atoms with Gasteiger partial charge in [-0.2, -0.15) is 0 Å². The van der Waals surface area contributed by atoms with E-state index in [0.29, 0.717) is 6.61 Å². The number of nitrogens with one attached hydrogen (secondary N) is 1. The molecule has 2 rings (SSSR count). The first-order valence-corrected chi connectivity index (χ1v) is 9.04. The Morgan fingerprint density at radius 2 is 1.88 bits per heavy atom. The summed E-state index contributed by atoms with van der Waals surface area (Å²) in [5.74, 6) is 2.35. The molecule has 130 valence electrons. The maximum absolute atomic E-state index is 5.89. The molecule has 0 spiro atoms. The second kappa shape index (κ2) is 10.6. The molecule has 1 N–H and O–H groups in total. The number of ether oxygens (including phenoxy) is 1. The molecule has 0 bridgehead atoms. The molecular weight excluding hydrogens is 298 g/mol. The van der Waals surface area contributed by atoms with E-state index in [0.717, 1.165) is 49.6 Å². The number of benzene rings is 1. The van der Waals surface area contributed by atoms with Crippen LogP contribution in [0.15, 0.2) is 36.5 Å². The summed E-state index contributed by atoms with van der Waals surface area (Å²) in [4.78, 5) is 8.70. The molecule has 0 aliphatic carbocycles. The van der Waals surface area contributed by atoms with Crippen molar-refractivity contribution >= 4 is 5.82 Å². The average molecular weight is 327 g/mol. The summed E-state index contributed by atoms with van der Waals surface area (Å²) in [5, 5.41) is 3.35. The number of hydrogen-bond acceptors (Lipinski definition) is 4. The van der Waals surface area contributed by atoms with Crippen LogP contribution in [0.2, 0.25) is 0 Å². The van der Waals surface area contributed by atoms with Gasteiger partial charge in [0.1, 0.15) is 5.82 Å². The third kappa shape index (κ3) is 6.57. The first-order chi connectivity index (χ1) is 11.8. The largest absolute Gasteiger partial charge is 0.488 e. The molecule has 1 aromatic heterocycles.